The lowest BCUT2D eigenvalue weighted by Crippen LogP contribution is -2.09. The highest BCUT2D eigenvalue weighted by Gasteiger charge is 2.15. The Morgan fingerprint density at radius 3 is 2.40 bits per heavy atom. The number of esters is 1. The van der Waals surface area contributed by atoms with E-state index in [4.69, 9.17) is 10.5 Å². The summed E-state index contributed by atoms with van der Waals surface area (Å²) in [4.78, 5) is 11.8. The zero-order chi connectivity index (χ0) is 14.7. The average Bonchev–Trinajstić information content (AvgIpc) is 2.42. The number of nitrogens with two attached hydrogens (primary N) is 1. The molecule has 0 aliphatic carbocycles. The van der Waals surface area contributed by atoms with Gasteiger partial charge in [0.2, 0.25) is 0 Å². The zero-order valence-electron chi connectivity index (χ0n) is 10.2. The molecule has 2 aromatic carbocycles. The fourth-order valence-corrected chi connectivity index (χ4v) is 1.81. The Hall–Kier alpha value is -1.95. The molecule has 2 rings (SSSR count). The van der Waals surface area contributed by atoms with Crippen molar-refractivity contribution in [2.75, 3.05) is 5.73 Å². The summed E-state index contributed by atoms with van der Waals surface area (Å²) in [6.45, 7) is 0.0184. The number of ether oxygens (including phenoxy) is 1. The minimum atomic E-state index is -1.14. The summed E-state index contributed by atoms with van der Waals surface area (Å²) in [5.74, 6) is -3.05. The Morgan fingerprint density at radius 1 is 1.15 bits per heavy atom. The van der Waals surface area contributed by atoms with Crippen molar-refractivity contribution in [3.8, 4) is 0 Å². The molecule has 0 bridgehead atoms. The van der Waals surface area contributed by atoms with Gasteiger partial charge in [-0.2, -0.15) is 0 Å². The molecule has 0 radical (unpaired) electrons. The molecule has 2 aromatic rings. The van der Waals surface area contributed by atoms with Crippen molar-refractivity contribution in [3.63, 3.8) is 0 Å². The number of benzene rings is 2. The maximum Gasteiger partial charge on any atom is 0.340 e. The van der Waals surface area contributed by atoms with Crippen LogP contribution in [0.1, 0.15) is 15.9 Å². The number of anilines is 1. The third kappa shape index (κ3) is 3.33. The van der Waals surface area contributed by atoms with Crippen LogP contribution in [-0.2, 0) is 11.3 Å². The van der Waals surface area contributed by atoms with E-state index in [2.05, 4.69) is 15.9 Å². The first-order valence-electron chi connectivity index (χ1n) is 5.63. The third-order valence-electron chi connectivity index (χ3n) is 2.60. The highest BCUT2D eigenvalue weighted by molar-refractivity contribution is 9.10. The molecule has 20 heavy (non-hydrogen) atoms. The van der Waals surface area contributed by atoms with Crippen LogP contribution < -0.4 is 5.73 Å². The molecule has 0 aliphatic heterocycles. The molecule has 0 aliphatic rings. The minimum Gasteiger partial charge on any atom is -0.457 e. The number of hydrogen-bond donors (Lipinski definition) is 1. The summed E-state index contributed by atoms with van der Waals surface area (Å²) >= 11 is 3.28. The van der Waals surface area contributed by atoms with E-state index in [1.54, 1.807) is 24.3 Å². The van der Waals surface area contributed by atoms with Gasteiger partial charge < -0.3 is 10.5 Å². The summed E-state index contributed by atoms with van der Waals surface area (Å²) in [7, 11) is 0. The molecule has 0 saturated carbocycles. The second-order valence-corrected chi connectivity index (χ2v) is 4.97. The Balaban J connectivity index is 2.09. The summed E-state index contributed by atoms with van der Waals surface area (Å²) in [6, 6.07) is 8.63. The van der Waals surface area contributed by atoms with E-state index in [9.17, 15) is 13.6 Å². The van der Waals surface area contributed by atoms with Crippen molar-refractivity contribution in [1.29, 1.82) is 0 Å². The second-order valence-electron chi connectivity index (χ2n) is 4.06. The predicted molar refractivity (Wildman–Crippen MR) is 74.0 cm³/mol. The van der Waals surface area contributed by atoms with Crippen molar-refractivity contribution < 1.29 is 18.3 Å². The van der Waals surface area contributed by atoms with Crippen molar-refractivity contribution in [2.24, 2.45) is 0 Å². The van der Waals surface area contributed by atoms with Crippen LogP contribution in [-0.4, -0.2) is 5.97 Å². The summed E-state index contributed by atoms with van der Waals surface area (Å²) in [5.41, 5.74) is 5.88. The number of nitrogen functional groups attached to an aromatic ring is 1. The molecule has 0 saturated heterocycles. The van der Waals surface area contributed by atoms with Gasteiger partial charge in [0.25, 0.3) is 0 Å². The summed E-state index contributed by atoms with van der Waals surface area (Å²) in [5, 5.41) is 0. The van der Waals surface area contributed by atoms with Crippen molar-refractivity contribution >= 4 is 27.6 Å². The van der Waals surface area contributed by atoms with Crippen LogP contribution in [0.3, 0.4) is 0 Å². The van der Waals surface area contributed by atoms with Gasteiger partial charge in [-0.25, -0.2) is 13.6 Å². The maximum atomic E-state index is 13.1. The van der Waals surface area contributed by atoms with Crippen LogP contribution in [0.15, 0.2) is 40.9 Å². The summed E-state index contributed by atoms with van der Waals surface area (Å²) < 4.78 is 31.9. The van der Waals surface area contributed by atoms with Crippen LogP contribution in [0.2, 0.25) is 0 Å². The van der Waals surface area contributed by atoms with Gasteiger partial charge in [0, 0.05) is 16.2 Å². The lowest BCUT2D eigenvalue weighted by molar-refractivity contribution is 0.0473. The maximum absolute atomic E-state index is 13.1. The van der Waals surface area contributed by atoms with Gasteiger partial charge in [-0.05, 0) is 23.8 Å². The van der Waals surface area contributed by atoms with Gasteiger partial charge in [-0.3, -0.25) is 0 Å². The lowest BCUT2D eigenvalue weighted by Gasteiger charge is -2.08. The predicted octanol–water partition coefficient (Wildman–Crippen LogP) is 3.67. The number of carbonyl (C=O) groups is 1. The second kappa shape index (κ2) is 6.00. The van der Waals surface area contributed by atoms with Gasteiger partial charge >= 0.3 is 5.97 Å². The van der Waals surface area contributed by atoms with E-state index in [1.165, 1.54) is 0 Å². The Bertz CT molecular complexity index is 644. The first-order chi connectivity index (χ1) is 9.47. The van der Waals surface area contributed by atoms with E-state index in [0.29, 0.717) is 0 Å². The number of halogens is 3. The molecular weight excluding hydrogens is 332 g/mol. The molecular formula is C14H10BrF2NO2. The van der Waals surface area contributed by atoms with Crippen LogP contribution >= 0.6 is 15.9 Å². The topological polar surface area (TPSA) is 52.3 Å². The summed E-state index contributed by atoms with van der Waals surface area (Å²) in [6.07, 6.45) is 0. The number of carbonyl (C=O) groups excluding carboxylic acids is 1. The van der Waals surface area contributed by atoms with Gasteiger partial charge in [0.1, 0.15) is 6.61 Å². The minimum absolute atomic E-state index is 0.0184. The molecule has 0 unspecified atom stereocenters. The normalized spacial score (nSPS) is 10.3. The highest BCUT2D eigenvalue weighted by atomic mass is 79.9. The van der Waals surface area contributed by atoms with Crippen molar-refractivity contribution in [2.45, 2.75) is 6.61 Å². The zero-order valence-corrected chi connectivity index (χ0v) is 11.8. The Labute approximate surface area is 122 Å². The molecule has 0 aromatic heterocycles. The SMILES string of the molecule is Nc1cc(F)c(F)cc1C(=O)OCc1ccc(Br)cc1. The molecule has 0 heterocycles. The molecule has 0 fully saturated rings. The van der Waals surface area contributed by atoms with Gasteiger partial charge in [-0.1, -0.05) is 28.1 Å². The van der Waals surface area contributed by atoms with E-state index in [0.717, 1.165) is 22.2 Å². The van der Waals surface area contributed by atoms with Crippen molar-refractivity contribution in [1.82, 2.24) is 0 Å². The van der Waals surface area contributed by atoms with Crippen LogP contribution in [0.5, 0.6) is 0 Å². The smallest absolute Gasteiger partial charge is 0.340 e. The molecule has 0 spiro atoms. The van der Waals surface area contributed by atoms with E-state index in [1.807, 2.05) is 0 Å². The molecule has 0 amide bonds. The largest absolute Gasteiger partial charge is 0.457 e. The van der Waals surface area contributed by atoms with E-state index >= 15 is 0 Å². The number of hydrogen-bond acceptors (Lipinski definition) is 3. The van der Waals surface area contributed by atoms with Crippen LogP contribution in [0.25, 0.3) is 0 Å². The molecule has 0 atom stereocenters. The molecule has 6 heteroatoms. The molecule has 104 valence electrons. The van der Waals surface area contributed by atoms with E-state index < -0.39 is 17.6 Å². The van der Waals surface area contributed by atoms with E-state index in [-0.39, 0.29) is 17.9 Å². The fourth-order valence-electron chi connectivity index (χ4n) is 1.55. The first-order valence-corrected chi connectivity index (χ1v) is 6.43. The van der Waals surface area contributed by atoms with Gasteiger partial charge in [-0.15, -0.1) is 0 Å². The van der Waals surface area contributed by atoms with Gasteiger partial charge in [0.15, 0.2) is 11.6 Å². The van der Waals surface area contributed by atoms with Gasteiger partial charge in [0.05, 0.1) is 5.56 Å². The van der Waals surface area contributed by atoms with Crippen LogP contribution in [0, 0.1) is 11.6 Å². The highest BCUT2D eigenvalue weighted by Crippen LogP contribution is 2.19. The first kappa shape index (κ1) is 14.5. The number of rotatable bonds is 3. The fraction of sp³-hybridized carbons (Fsp3) is 0.0714. The monoisotopic (exact) mass is 341 g/mol. The Morgan fingerprint density at radius 2 is 1.75 bits per heavy atom. The molecule has 2 N–H and O–H groups in total. The standard InChI is InChI=1S/C14H10BrF2NO2/c15-9-3-1-8(2-4-9)7-20-14(19)10-5-11(16)12(17)6-13(10)18/h1-6H,7,18H2. The third-order valence-corrected chi connectivity index (χ3v) is 3.12. The quantitative estimate of drug-likeness (QED) is 0.684. The molecule has 3 nitrogen and oxygen atoms in total. The van der Waals surface area contributed by atoms with Crippen LogP contribution in [0.4, 0.5) is 14.5 Å². The van der Waals surface area contributed by atoms with Crippen molar-refractivity contribution in [3.05, 3.63) is 63.6 Å². The Kier molecular flexibility index (Phi) is 4.34. The lowest BCUT2D eigenvalue weighted by atomic mass is 10.1. The average molecular weight is 342 g/mol.